The summed E-state index contributed by atoms with van der Waals surface area (Å²) in [5.41, 5.74) is 2.37. The summed E-state index contributed by atoms with van der Waals surface area (Å²) in [6, 6.07) is 20.5. The minimum atomic E-state index is 0.0272. The van der Waals surface area contributed by atoms with Gasteiger partial charge in [0.1, 0.15) is 17.4 Å². The number of nitrogens with zero attached hydrogens (tertiary/aromatic N) is 3. The first kappa shape index (κ1) is 18.4. The second-order valence-corrected chi connectivity index (χ2v) is 6.53. The Morgan fingerprint density at radius 1 is 0.862 bits per heavy atom. The fraction of sp³-hybridized carbons (Fsp3) is 0.0909. The third-order valence-electron chi connectivity index (χ3n) is 4.21. The van der Waals surface area contributed by atoms with E-state index < -0.39 is 0 Å². The molecule has 2 N–H and O–H groups in total. The average Bonchev–Trinajstić information content (AvgIpc) is 3.13. The Labute approximate surface area is 167 Å². The van der Waals surface area contributed by atoms with Gasteiger partial charge in [0.15, 0.2) is 17.4 Å². The Morgan fingerprint density at radius 3 is 2.17 bits per heavy atom. The lowest BCUT2D eigenvalue weighted by Gasteiger charge is -2.11. The van der Waals surface area contributed by atoms with Crippen LogP contribution >= 0.6 is 0 Å². The number of benzene rings is 2. The highest BCUT2D eigenvalue weighted by molar-refractivity contribution is 5.94. The third kappa shape index (κ3) is 4.47. The molecule has 0 aliphatic carbocycles. The topological polar surface area (TPSA) is 92.9 Å². The number of carbonyl (C=O) groups is 1. The molecular weight excluding hydrogens is 366 g/mol. The number of carbonyl (C=O) groups excluding carboxylic acids is 1. The predicted molar refractivity (Wildman–Crippen MR) is 112 cm³/mol. The fourth-order valence-electron chi connectivity index (χ4n) is 2.78. The van der Waals surface area contributed by atoms with Crippen molar-refractivity contribution in [3.05, 3.63) is 78.1 Å². The zero-order chi connectivity index (χ0) is 20.2. The SMILES string of the molecule is CC(=O)c1ccc(Nc2cc(Nc3cc(C)on3)nc(-c3ccccc3)n2)cc1. The van der Waals surface area contributed by atoms with Gasteiger partial charge < -0.3 is 15.2 Å². The van der Waals surface area contributed by atoms with Gasteiger partial charge in [-0.25, -0.2) is 9.97 Å². The van der Waals surface area contributed by atoms with Crippen molar-refractivity contribution in [3.8, 4) is 11.4 Å². The Hall–Kier alpha value is -4.00. The van der Waals surface area contributed by atoms with Gasteiger partial charge in [-0.1, -0.05) is 35.5 Å². The van der Waals surface area contributed by atoms with E-state index >= 15 is 0 Å². The van der Waals surface area contributed by atoms with Crippen LogP contribution in [0.15, 0.2) is 71.3 Å². The minimum Gasteiger partial charge on any atom is -0.360 e. The number of aromatic nitrogens is 3. The van der Waals surface area contributed by atoms with Crippen molar-refractivity contribution >= 4 is 28.9 Å². The summed E-state index contributed by atoms with van der Waals surface area (Å²) in [4.78, 5) is 20.7. The van der Waals surface area contributed by atoms with Crippen molar-refractivity contribution in [2.75, 3.05) is 10.6 Å². The van der Waals surface area contributed by atoms with E-state index in [1.165, 1.54) is 0 Å². The smallest absolute Gasteiger partial charge is 0.175 e. The molecule has 144 valence electrons. The van der Waals surface area contributed by atoms with Crippen molar-refractivity contribution in [1.29, 1.82) is 0 Å². The van der Waals surface area contributed by atoms with Crippen molar-refractivity contribution in [3.63, 3.8) is 0 Å². The molecule has 7 heteroatoms. The lowest BCUT2D eigenvalue weighted by Crippen LogP contribution is -2.02. The van der Waals surface area contributed by atoms with Crippen LogP contribution in [0.1, 0.15) is 23.0 Å². The molecule has 0 unspecified atom stereocenters. The average molecular weight is 385 g/mol. The molecule has 4 rings (SSSR count). The molecule has 0 aliphatic rings. The van der Waals surface area contributed by atoms with Crippen LogP contribution in [0.25, 0.3) is 11.4 Å². The van der Waals surface area contributed by atoms with Crippen LogP contribution in [0.5, 0.6) is 0 Å². The third-order valence-corrected chi connectivity index (χ3v) is 4.21. The van der Waals surface area contributed by atoms with Crippen LogP contribution in [-0.4, -0.2) is 20.9 Å². The largest absolute Gasteiger partial charge is 0.360 e. The number of hydrogen-bond acceptors (Lipinski definition) is 7. The van der Waals surface area contributed by atoms with Gasteiger partial charge in [-0.05, 0) is 38.1 Å². The van der Waals surface area contributed by atoms with E-state index in [0.717, 1.165) is 11.3 Å². The Morgan fingerprint density at radius 2 is 1.55 bits per heavy atom. The Balaban J connectivity index is 1.67. The maximum Gasteiger partial charge on any atom is 0.175 e. The lowest BCUT2D eigenvalue weighted by atomic mass is 10.1. The van der Waals surface area contributed by atoms with Gasteiger partial charge in [0.2, 0.25) is 0 Å². The molecular formula is C22H19N5O2. The molecule has 0 saturated heterocycles. The molecule has 0 fully saturated rings. The molecule has 0 radical (unpaired) electrons. The molecule has 0 bridgehead atoms. The number of ketones is 1. The zero-order valence-corrected chi connectivity index (χ0v) is 16.0. The van der Waals surface area contributed by atoms with E-state index in [9.17, 15) is 4.79 Å². The standard InChI is InChI=1S/C22H19N5O2/c1-14-12-21(27-29-14)24-20-13-19(23-18-10-8-16(9-11-18)15(2)28)25-22(26-20)17-6-4-3-5-7-17/h3-13H,1-2H3,(H2,23,24,25,26,27). The first-order valence-corrected chi connectivity index (χ1v) is 9.10. The van der Waals surface area contributed by atoms with Crippen LogP contribution in [0, 0.1) is 6.92 Å². The lowest BCUT2D eigenvalue weighted by molar-refractivity contribution is 0.101. The van der Waals surface area contributed by atoms with Crippen molar-refractivity contribution in [1.82, 2.24) is 15.1 Å². The maximum absolute atomic E-state index is 11.5. The van der Waals surface area contributed by atoms with Gasteiger partial charge >= 0.3 is 0 Å². The second kappa shape index (κ2) is 7.93. The van der Waals surface area contributed by atoms with E-state index in [1.54, 1.807) is 31.2 Å². The van der Waals surface area contributed by atoms with E-state index in [0.29, 0.717) is 34.6 Å². The van der Waals surface area contributed by atoms with Gasteiger partial charge in [0.25, 0.3) is 0 Å². The summed E-state index contributed by atoms with van der Waals surface area (Å²) in [7, 11) is 0. The number of hydrogen-bond donors (Lipinski definition) is 2. The van der Waals surface area contributed by atoms with Gasteiger partial charge in [-0.15, -0.1) is 0 Å². The fourth-order valence-corrected chi connectivity index (χ4v) is 2.78. The second-order valence-electron chi connectivity index (χ2n) is 6.53. The normalized spacial score (nSPS) is 10.6. The molecule has 29 heavy (non-hydrogen) atoms. The van der Waals surface area contributed by atoms with Crippen LogP contribution in [-0.2, 0) is 0 Å². The van der Waals surface area contributed by atoms with Crippen LogP contribution in [0.3, 0.4) is 0 Å². The molecule has 2 aromatic heterocycles. The number of anilines is 4. The highest BCUT2D eigenvalue weighted by Gasteiger charge is 2.10. The van der Waals surface area contributed by atoms with Crippen molar-refractivity contribution in [2.45, 2.75) is 13.8 Å². The van der Waals surface area contributed by atoms with E-state index in [2.05, 4.69) is 25.8 Å². The summed E-state index contributed by atoms with van der Waals surface area (Å²) < 4.78 is 5.11. The molecule has 0 atom stereocenters. The van der Waals surface area contributed by atoms with Gasteiger partial charge in [0, 0.05) is 28.9 Å². The van der Waals surface area contributed by atoms with Crippen LogP contribution in [0.2, 0.25) is 0 Å². The van der Waals surface area contributed by atoms with Gasteiger partial charge in [-0.2, -0.15) is 0 Å². The predicted octanol–water partition coefficient (Wildman–Crippen LogP) is 5.13. The minimum absolute atomic E-state index is 0.0272. The molecule has 0 aliphatic heterocycles. The molecule has 0 spiro atoms. The summed E-state index contributed by atoms with van der Waals surface area (Å²) >= 11 is 0. The van der Waals surface area contributed by atoms with Gasteiger partial charge in [-0.3, -0.25) is 4.79 Å². The number of aryl methyl sites for hydroxylation is 1. The monoisotopic (exact) mass is 385 g/mol. The summed E-state index contributed by atoms with van der Waals surface area (Å²) in [6.07, 6.45) is 0. The highest BCUT2D eigenvalue weighted by atomic mass is 16.5. The highest BCUT2D eigenvalue weighted by Crippen LogP contribution is 2.25. The van der Waals surface area contributed by atoms with E-state index in [4.69, 9.17) is 4.52 Å². The Kier molecular flexibility index (Phi) is 5.03. The molecule has 2 heterocycles. The van der Waals surface area contributed by atoms with Crippen molar-refractivity contribution in [2.24, 2.45) is 0 Å². The number of rotatable bonds is 6. The van der Waals surface area contributed by atoms with Crippen molar-refractivity contribution < 1.29 is 9.32 Å². The molecule has 0 amide bonds. The summed E-state index contributed by atoms with van der Waals surface area (Å²) in [5, 5.41) is 10.4. The Bertz CT molecular complexity index is 1140. The number of nitrogens with one attached hydrogen (secondary N) is 2. The summed E-state index contributed by atoms with van der Waals surface area (Å²) in [5.74, 6) is 3.05. The molecule has 2 aromatic carbocycles. The van der Waals surface area contributed by atoms with Crippen LogP contribution in [0.4, 0.5) is 23.1 Å². The van der Waals surface area contributed by atoms with E-state index in [1.807, 2.05) is 49.4 Å². The number of Topliss-reactive ketones (excluding diaryl/α,β-unsaturated/α-hetero) is 1. The molecule has 7 nitrogen and oxygen atoms in total. The molecule has 4 aromatic rings. The van der Waals surface area contributed by atoms with E-state index in [-0.39, 0.29) is 5.78 Å². The summed E-state index contributed by atoms with van der Waals surface area (Å²) in [6.45, 7) is 3.37. The first-order chi connectivity index (χ1) is 14.1. The quantitative estimate of drug-likeness (QED) is 0.444. The van der Waals surface area contributed by atoms with Crippen LogP contribution < -0.4 is 10.6 Å². The first-order valence-electron chi connectivity index (χ1n) is 9.10. The maximum atomic E-state index is 11.5. The van der Waals surface area contributed by atoms with Gasteiger partial charge in [0.05, 0.1) is 0 Å². The molecule has 0 saturated carbocycles. The zero-order valence-electron chi connectivity index (χ0n) is 16.0.